The van der Waals surface area contributed by atoms with E-state index in [0.29, 0.717) is 13.2 Å². The predicted octanol–water partition coefficient (Wildman–Crippen LogP) is 4.51. The molecule has 0 fully saturated rings. The van der Waals surface area contributed by atoms with Gasteiger partial charge in [0.05, 0.1) is 38.5 Å². The summed E-state index contributed by atoms with van der Waals surface area (Å²) in [6, 6.07) is 15.6. The number of aromatic amines is 1. The molecule has 0 saturated carbocycles. The van der Waals surface area contributed by atoms with Crippen molar-refractivity contribution in [3.63, 3.8) is 0 Å². The van der Waals surface area contributed by atoms with Crippen LogP contribution in [0.2, 0.25) is 0 Å². The van der Waals surface area contributed by atoms with Gasteiger partial charge in [-0.05, 0) is 35.4 Å². The number of fused-ring (bicyclic) bond motifs is 1. The largest absolute Gasteiger partial charge is 0.493 e. The van der Waals surface area contributed by atoms with Gasteiger partial charge in [-0.2, -0.15) is 0 Å². The number of amides is 1. The molecule has 0 atom stereocenters. The van der Waals surface area contributed by atoms with Crippen molar-refractivity contribution in [2.45, 2.75) is 13.0 Å². The first-order valence-corrected chi connectivity index (χ1v) is 9.10. The molecule has 1 aliphatic heterocycles. The fourth-order valence-electron chi connectivity index (χ4n) is 3.29. The molecule has 2 aromatic carbocycles. The Hall–Kier alpha value is -3.54. The molecule has 6 heteroatoms. The molecule has 3 aromatic rings. The third-order valence-corrected chi connectivity index (χ3v) is 4.68. The number of nitrogens with zero attached hydrogens (tertiary/aromatic N) is 2. The first-order valence-electron chi connectivity index (χ1n) is 9.10. The molecular formula is C22H21N3O3. The van der Waals surface area contributed by atoms with Gasteiger partial charge in [0.2, 0.25) is 0 Å². The minimum atomic E-state index is -0.403. The summed E-state index contributed by atoms with van der Waals surface area (Å²) in [6.07, 6.45) is 5.88. The Kier molecular flexibility index (Phi) is 5.10. The summed E-state index contributed by atoms with van der Waals surface area (Å²) in [5.41, 5.74) is 4.82. The van der Waals surface area contributed by atoms with E-state index in [0.717, 1.165) is 40.3 Å². The summed E-state index contributed by atoms with van der Waals surface area (Å²) in [6.45, 7) is 1.05. The van der Waals surface area contributed by atoms with Gasteiger partial charge in [0.1, 0.15) is 5.75 Å². The maximum atomic E-state index is 12.5. The fraction of sp³-hybridized carbons (Fsp3) is 0.182. The van der Waals surface area contributed by atoms with Crippen LogP contribution in [0.15, 0.2) is 61.1 Å². The lowest BCUT2D eigenvalue weighted by atomic mass is 9.98. The average molecular weight is 375 g/mol. The zero-order valence-corrected chi connectivity index (χ0v) is 15.6. The normalized spacial score (nSPS) is 14.2. The summed E-state index contributed by atoms with van der Waals surface area (Å²) in [7, 11) is 1.39. The van der Waals surface area contributed by atoms with Crippen LogP contribution in [-0.4, -0.2) is 29.8 Å². The van der Waals surface area contributed by atoms with Crippen LogP contribution in [0.5, 0.6) is 5.75 Å². The summed E-state index contributed by atoms with van der Waals surface area (Å²) in [5.74, 6) is 0.810. The van der Waals surface area contributed by atoms with Crippen molar-refractivity contribution in [1.29, 1.82) is 0 Å². The van der Waals surface area contributed by atoms with Gasteiger partial charge in [-0.15, -0.1) is 0 Å². The highest BCUT2D eigenvalue weighted by molar-refractivity contribution is 5.91. The van der Waals surface area contributed by atoms with Gasteiger partial charge in [0.25, 0.3) is 0 Å². The molecule has 6 nitrogen and oxygen atoms in total. The molecule has 0 aliphatic carbocycles. The summed E-state index contributed by atoms with van der Waals surface area (Å²) >= 11 is 0. The molecule has 28 heavy (non-hydrogen) atoms. The number of hydrogen-bond acceptors (Lipinski definition) is 4. The van der Waals surface area contributed by atoms with Crippen molar-refractivity contribution in [1.82, 2.24) is 9.97 Å². The van der Waals surface area contributed by atoms with Crippen LogP contribution in [0.3, 0.4) is 0 Å². The molecule has 142 valence electrons. The second-order valence-electron chi connectivity index (χ2n) is 6.50. The molecule has 0 radical (unpaired) electrons. The van der Waals surface area contributed by atoms with Gasteiger partial charge in [0.15, 0.2) is 0 Å². The zero-order chi connectivity index (χ0) is 19.3. The minimum Gasteiger partial charge on any atom is -0.493 e. The number of carbonyl (C=O) groups is 1. The lowest BCUT2D eigenvalue weighted by molar-refractivity contribution is 0.178. The number of methoxy groups -OCH3 is 1. The van der Waals surface area contributed by atoms with Gasteiger partial charge >= 0.3 is 6.09 Å². The summed E-state index contributed by atoms with van der Waals surface area (Å²) in [4.78, 5) is 21.3. The Morgan fingerprint density at radius 2 is 2.14 bits per heavy atom. The monoisotopic (exact) mass is 375 g/mol. The molecule has 2 heterocycles. The van der Waals surface area contributed by atoms with Gasteiger partial charge in [-0.25, -0.2) is 9.78 Å². The van der Waals surface area contributed by atoms with Crippen molar-refractivity contribution in [3.05, 3.63) is 77.9 Å². The van der Waals surface area contributed by atoms with E-state index in [1.807, 2.05) is 48.5 Å². The SMILES string of the molecule is COC(=O)N(Cc1ccccc1)c1ccc2c(c1)C(=Cc1cnc[nH]1)CCO2. The van der Waals surface area contributed by atoms with Crippen molar-refractivity contribution in [3.8, 4) is 5.75 Å². The van der Waals surface area contributed by atoms with Crippen LogP contribution < -0.4 is 9.64 Å². The molecular weight excluding hydrogens is 354 g/mol. The number of carbonyl (C=O) groups excluding carboxylic acids is 1. The molecule has 0 saturated heterocycles. The highest BCUT2D eigenvalue weighted by Crippen LogP contribution is 2.37. The lowest BCUT2D eigenvalue weighted by Gasteiger charge is -2.25. The number of nitrogens with one attached hydrogen (secondary N) is 1. The van der Waals surface area contributed by atoms with Crippen LogP contribution in [0.1, 0.15) is 23.2 Å². The van der Waals surface area contributed by atoms with E-state index in [9.17, 15) is 4.79 Å². The van der Waals surface area contributed by atoms with E-state index >= 15 is 0 Å². The van der Waals surface area contributed by atoms with E-state index < -0.39 is 6.09 Å². The molecule has 1 aromatic heterocycles. The van der Waals surface area contributed by atoms with E-state index in [4.69, 9.17) is 9.47 Å². The molecule has 0 unspecified atom stereocenters. The van der Waals surface area contributed by atoms with Crippen molar-refractivity contribution < 1.29 is 14.3 Å². The molecule has 1 aliphatic rings. The molecule has 1 N–H and O–H groups in total. The van der Waals surface area contributed by atoms with E-state index in [1.165, 1.54) is 7.11 Å². The van der Waals surface area contributed by atoms with Gasteiger partial charge in [-0.1, -0.05) is 30.3 Å². The van der Waals surface area contributed by atoms with E-state index in [1.54, 1.807) is 17.4 Å². The third kappa shape index (κ3) is 3.76. The lowest BCUT2D eigenvalue weighted by Crippen LogP contribution is -2.30. The topological polar surface area (TPSA) is 67.5 Å². The van der Waals surface area contributed by atoms with Crippen molar-refractivity contribution in [2.75, 3.05) is 18.6 Å². The maximum Gasteiger partial charge on any atom is 0.414 e. The number of imidazole rings is 1. The number of anilines is 1. The Bertz CT molecular complexity index is 982. The average Bonchev–Trinajstić information content (AvgIpc) is 3.25. The number of H-pyrrole nitrogens is 1. The minimum absolute atomic E-state index is 0.403. The Labute approximate surface area is 163 Å². The molecule has 0 spiro atoms. The van der Waals surface area contributed by atoms with Crippen molar-refractivity contribution in [2.24, 2.45) is 0 Å². The Morgan fingerprint density at radius 3 is 2.89 bits per heavy atom. The molecule has 0 bridgehead atoms. The number of rotatable bonds is 4. The van der Waals surface area contributed by atoms with E-state index in [-0.39, 0.29) is 0 Å². The van der Waals surface area contributed by atoms with Crippen LogP contribution >= 0.6 is 0 Å². The second kappa shape index (κ2) is 8.00. The third-order valence-electron chi connectivity index (χ3n) is 4.68. The van der Waals surface area contributed by atoms with Gasteiger partial charge in [0, 0.05) is 17.7 Å². The standard InChI is InChI=1S/C22H21N3O3/c1-27-22(26)25(14-16-5-3-2-4-6-16)19-7-8-21-20(12-19)17(9-10-28-21)11-18-13-23-15-24-18/h2-8,11-13,15H,9-10,14H2,1H3,(H,23,24). The number of aromatic nitrogens is 2. The van der Waals surface area contributed by atoms with E-state index in [2.05, 4.69) is 16.0 Å². The number of hydrogen-bond donors (Lipinski definition) is 1. The fourth-order valence-corrected chi connectivity index (χ4v) is 3.29. The highest BCUT2D eigenvalue weighted by atomic mass is 16.5. The quantitative estimate of drug-likeness (QED) is 0.729. The van der Waals surface area contributed by atoms with Crippen molar-refractivity contribution >= 4 is 23.4 Å². The van der Waals surface area contributed by atoms with Gasteiger partial charge in [-0.3, -0.25) is 4.90 Å². The second-order valence-corrected chi connectivity index (χ2v) is 6.50. The molecule has 1 amide bonds. The Balaban J connectivity index is 1.71. The van der Waals surface area contributed by atoms with Crippen LogP contribution in [0.25, 0.3) is 11.6 Å². The van der Waals surface area contributed by atoms with Crippen LogP contribution in [0, 0.1) is 0 Å². The molecule has 4 rings (SSSR count). The number of ether oxygens (including phenoxy) is 2. The highest BCUT2D eigenvalue weighted by Gasteiger charge is 2.21. The summed E-state index contributed by atoms with van der Waals surface area (Å²) < 4.78 is 10.8. The zero-order valence-electron chi connectivity index (χ0n) is 15.6. The number of benzene rings is 2. The maximum absolute atomic E-state index is 12.5. The predicted molar refractivity (Wildman–Crippen MR) is 108 cm³/mol. The van der Waals surface area contributed by atoms with Crippen LogP contribution in [0.4, 0.5) is 10.5 Å². The summed E-state index contributed by atoms with van der Waals surface area (Å²) in [5, 5.41) is 0. The first-order chi connectivity index (χ1) is 13.7. The Morgan fingerprint density at radius 1 is 1.29 bits per heavy atom. The van der Waals surface area contributed by atoms with Gasteiger partial charge < -0.3 is 14.5 Å². The first kappa shape index (κ1) is 17.9. The van der Waals surface area contributed by atoms with Crippen LogP contribution in [-0.2, 0) is 11.3 Å². The smallest absolute Gasteiger partial charge is 0.414 e.